The van der Waals surface area contributed by atoms with Gasteiger partial charge in [0, 0.05) is 17.8 Å². The molecule has 1 aliphatic heterocycles. The van der Waals surface area contributed by atoms with E-state index in [1.54, 1.807) is 7.11 Å². The molecule has 0 fully saturated rings. The minimum Gasteiger partial charge on any atom is -0.497 e. The number of ether oxygens (including phenoxy) is 1. The van der Waals surface area contributed by atoms with E-state index >= 15 is 0 Å². The number of methoxy groups -OCH3 is 1. The summed E-state index contributed by atoms with van der Waals surface area (Å²) in [4.78, 5) is 2.48. The van der Waals surface area contributed by atoms with Gasteiger partial charge in [-0.1, -0.05) is 90.5 Å². The van der Waals surface area contributed by atoms with E-state index in [9.17, 15) is 0 Å². The van der Waals surface area contributed by atoms with Crippen molar-refractivity contribution in [1.29, 1.82) is 0 Å². The SMILES string of the molecule is COc1ccc(CC2=CC(c3ccccc3)=CC(c3ccccc3)N2c2ccc(C)cc2)cc1. The molecule has 1 heterocycles. The van der Waals surface area contributed by atoms with Crippen LogP contribution in [0.1, 0.15) is 28.3 Å². The van der Waals surface area contributed by atoms with E-state index in [0.717, 1.165) is 12.2 Å². The lowest BCUT2D eigenvalue weighted by atomic mass is 9.91. The average Bonchev–Trinajstić information content (AvgIpc) is 2.90. The molecule has 2 heteroatoms. The van der Waals surface area contributed by atoms with E-state index in [0.29, 0.717) is 0 Å². The van der Waals surface area contributed by atoms with Crippen molar-refractivity contribution < 1.29 is 4.74 Å². The lowest BCUT2D eigenvalue weighted by Crippen LogP contribution is -2.30. The van der Waals surface area contributed by atoms with Crippen LogP contribution in [0.15, 0.2) is 127 Å². The standard InChI is InChI=1S/C32H29NO/c1-24-13-17-29(18-14-24)33-30(21-25-15-19-31(34-2)20-16-25)22-28(26-9-5-3-6-10-26)23-32(33)27-11-7-4-8-12-27/h3-20,22-23,32H,21H2,1-2H3. The summed E-state index contributed by atoms with van der Waals surface area (Å²) in [5, 5.41) is 0. The summed E-state index contributed by atoms with van der Waals surface area (Å²) < 4.78 is 5.38. The van der Waals surface area contributed by atoms with Gasteiger partial charge in [0.25, 0.3) is 0 Å². The fraction of sp³-hybridized carbons (Fsp3) is 0.125. The summed E-state index contributed by atoms with van der Waals surface area (Å²) in [6.45, 7) is 2.14. The van der Waals surface area contributed by atoms with Crippen molar-refractivity contribution in [3.05, 3.63) is 149 Å². The van der Waals surface area contributed by atoms with Crippen LogP contribution in [-0.4, -0.2) is 7.11 Å². The van der Waals surface area contributed by atoms with E-state index in [1.807, 2.05) is 12.1 Å². The maximum atomic E-state index is 5.38. The van der Waals surface area contributed by atoms with Crippen LogP contribution in [0.5, 0.6) is 5.75 Å². The summed E-state index contributed by atoms with van der Waals surface area (Å²) in [5.74, 6) is 0.879. The number of hydrogen-bond acceptors (Lipinski definition) is 2. The predicted molar refractivity (Wildman–Crippen MR) is 142 cm³/mol. The Kier molecular flexibility index (Phi) is 6.31. The maximum Gasteiger partial charge on any atom is 0.118 e. The Balaban J connectivity index is 1.64. The molecule has 2 nitrogen and oxygen atoms in total. The van der Waals surface area contributed by atoms with Gasteiger partial charge in [-0.25, -0.2) is 0 Å². The zero-order valence-electron chi connectivity index (χ0n) is 19.7. The molecule has 0 bridgehead atoms. The van der Waals surface area contributed by atoms with Crippen molar-refractivity contribution in [2.75, 3.05) is 12.0 Å². The summed E-state index contributed by atoms with van der Waals surface area (Å²) in [6.07, 6.45) is 5.56. The third kappa shape index (κ3) is 4.67. The van der Waals surface area contributed by atoms with Gasteiger partial charge >= 0.3 is 0 Å². The largest absolute Gasteiger partial charge is 0.497 e. The first-order valence-corrected chi connectivity index (χ1v) is 11.7. The summed E-state index contributed by atoms with van der Waals surface area (Å²) >= 11 is 0. The van der Waals surface area contributed by atoms with Crippen LogP contribution in [0.25, 0.3) is 5.57 Å². The average molecular weight is 444 g/mol. The maximum absolute atomic E-state index is 5.38. The highest BCUT2D eigenvalue weighted by molar-refractivity contribution is 5.80. The Labute approximate surface area is 202 Å². The molecule has 0 saturated carbocycles. The van der Waals surface area contributed by atoms with E-state index in [2.05, 4.69) is 121 Å². The number of hydrogen-bond donors (Lipinski definition) is 0. The number of aryl methyl sites for hydroxylation is 1. The minimum absolute atomic E-state index is 0.0948. The normalized spacial score (nSPS) is 15.5. The lowest BCUT2D eigenvalue weighted by Gasteiger charge is -2.38. The summed E-state index contributed by atoms with van der Waals surface area (Å²) in [7, 11) is 1.71. The van der Waals surface area contributed by atoms with Gasteiger partial charge in [0.2, 0.25) is 0 Å². The van der Waals surface area contributed by atoms with Crippen LogP contribution in [-0.2, 0) is 6.42 Å². The van der Waals surface area contributed by atoms with E-state index in [4.69, 9.17) is 4.74 Å². The van der Waals surface area contributed by atoms with E-state index in [1.165, 1.54) is 39.2 Å². The second kappa shape index (κ2) is 9.84. The highest BCUT2D eigenvalue weighted by atomic mass is 16.5. The Bertz CT molecular complexity index is 1290. The molecule has 1 aliphatic rings. The van der Waals surface area contributed by atoms with Crippen LogP contribution in [0.4, 0.5) is 5.69 Å². The molecular weight excluding hydrogens is 414 g/mol. The first-order chi connectivity index (χ1) is 16.7. The monoisotopic (exact) mass is 443 g/mol. The second-order valence-electron chi connectivity index (χ2n) is 8.71. The molecule has 4 aromatic carbocycles. The number of anilines is 1. The minimum atomic E-state index is 0.0948. The third-order valence-electron chi connectivity index (χ3n) is 6.35. The van der Waals surface area contributed by atoms with Gasteiger partial charge in [-0.05, 0) is 65.6 Å². The zero-order chi connectivity index (χ0) is 23.3. The molecular formula is C32H29NO. The number of allylic oxidation sites excluding steroid dienone is 3. The van der Waals surface area contributed by atoms with Crippen LogP contribution in [0.2, 0.25) is 0 Å². The number of rotatable bonds is 6. The summed E-state index contributed by atoms with van der Waals surface area (Å²) in [5.41, 5.74) is 8.74. The Morgan fingerprint density at radius 3 is 2.03 bits per heavy atom. The first-order valence-electron chi connectivity index (χ1n) is 11.7. The van der Waals surface area contributed by atoms with Crippen LogP contribution < -0.4 is 9.64 Å². The summed E-state index contributed by atoms with van der Waals surface area (Å²) in [6, 6.07) is 38.8. The Morgan fingerprint density at radius 2 is 1.38 bits per heavy atom. The lowest BCUT2D eigenvalue weighted by molar-refractivity contribution is 0.414. The van der Waals surface area contributed by atoms with Crippen molar-refractivity contribution in [3.63, 3.8) is 0 Å². The van der Waals surface area contributed by atoms with Gasteiger partial charge in [0.05, 0.1) is 13.2 Å². The molecule has 1 unspecified atom stereocenters. The van der Waals surface area contributed by atoms with Crippen molar-refractivity contribution >= 4 is 11.3 Å². The molecule has 0 N–H and O–H groups in total. The van der Waals surface area contributed by atoms with Crippen LogP contribution in [0, 0.1) is 6.92 Å². The van der Waals surface area contributed by atoms with Gasteiger partial charge < -0.3 is 9.64 Å². The molecule has 0 aromatic heterocycles. The fourth-order valence-electron chi connectivity index (χ4n) is 4.55. The predicted octanol–water partition coefficient (Wildman–Crippen LogP) is 7.78. The molecule has 4 aromatic rings. The molecule has 0 saturated heterocycles. The van der Waals surface area contributed by atoms with Gasteiger partial charge in [0.15, 0.2) is 0 Å². The van der Waals surface area contributed by atoms with Gasteiger partial charge in [0.1, 0.15) is 5.75 Å². The molecule has 5 rings (SSSR count). The Morgan fingerprint density at radius 1 is 0.735 bits per heavy atom. The molecule has 34 heavy (non-hydrogen) atoms. The van der Waals surface area contributed by atoms with E-state index in [-0.39, 0.29) is 6.04 Å². The molecule has 0 radical (unpaired) electrons. The van der Waals surface area contributed by atoms with E-state index < -0.39 is 0 Å². The molecule has 0 aliphatic carbocycles. The number of benzene rings is 4. The number of nitrogens with zero attached hydrogens (tertiary/aromatic N) is 1. The third-order valence-corrected chi connectivity index (χ3v) is 6.35. The Hall–Kier alpha value is -4.04. The highest BCUT2D eigenvalue weighted by Gasteiger charge is 2.27. The quantitative estimate of drug-likeness (QED) is 0.302. The van der Waals surface area contributed by atoms with Crippen LogP contribution >= 0.6 is 0 Å². The highest BCUT2D eigenvalue weighted by Crippen LogP contribution is 2.40. The molecule has 0 spiro atoms. The first kappa shape index (κ1) is 21.8. The molecule has 0 amide bonds. The van der Waals surface area contributed by atoms with Crippen molar-refractivity contribution in [2.24, 2.45) is 0 Å². The van der Waals surface area contributed by atoms with Gasteiger partial charge in [-0.2, -0.15) is 0 Å². The van der Waals surface area contributed by atoms with Crippen molar-refractivity contribution in [1.82, 2.24) is 0 Å². The topological polar surface area (TPSA) is 12.5 Å². The smallest absolute Gasteiger partial charge is 0.118 e. The van der Waals surface area contributed by atoms with Gasteiger partial charge in [-0.3, -0.25) is 0 Å². The van der Waals surface area contributed by atoms with Crippen LogP contribution in [0.3, 0.4) is 0 Å². The fourth-order valence-corrected chi connectivity index (χ4v) is 4.55. The second-order valence-corrected chi connectivity index (χ2v) is 8.71. The molecule has 1 atom stereocenters. The van der Waals surface area contributed by atoms with Gasteiger partial charge in [-0.15, -0.1) is 0 Å². The zero-order valence-corrected chi connectivity index (χ0v) is 19.7. The molecule has 168 valence electrons. The van der Waals surface area contributed by atoms with Crippen molar-refractivity contribution in [2.45, 2.75) is 19.4 Å². The van der Waals surface area contributed by atoms with Crippen molar-refractivity contribution in [3.8, 4) is 5.75 Å².